The van der Waals surface area contributed by atoms with Crippen molar-refractivity contribution in [2.45, 2.75) is 57.8 Å². The molecule has 0 bridgehead atoms. The van der Waals surface area contributed by atoms with E-state index in [-0.39, 0.29) is 12.5 Å². The fourth-order valence-electron chi connectivity index (χ4n) is 6.16. The first-order chi connectivity index (χ1) is 20.4. The number of benzene rings is 3. The van der Waals surface area contributed by atoms with Crippen molar-refractivity contribution in [3.63, 3.8) is 0 Å². The lowest BCUT2D eigenvalue weighted by Gasteiger charge is -2.47. The van der Waals surface area contributed by atoms with Crippen molar-refractivity contribution in [3.05, 3.63) is 101 Å². The van der Waals surface area contributed by atoms with Gasteiger partial charge in [-0.05, 0) is 55.5 Å². The lowest BCUT2D eigenvalue weighted by molar-refractivity contribution is -0.137. The van der Waals surface area contributed by atoms with Crippen molar-refractivity contribution in [2.24, 2.45) is 4.99 Å². The standard InChI is InChI=1S/C34H43N5O3/c1-25-22-38(26(2)21-37(25)23-27-10-5-4-6-11-27)33(30-12-9-13-31(20-30)42-3)28-15-17-29(18-16-28)34-35-24-36-39(34)19-8-7-14-32(40)41/h4-6,9-13,15-18,20,25-26,33,36H,7-8,14,19,21-24H2,1-3H3,(H,40,41)/t25-,26+,33-/m1/s1. The lowest BCUT2D eigenvalue weighted by Crippen LogP contribution is -2.56. The van der Waals surface area contributed by atoms with Gasteiger partial charge in [-0.15, -0.1) is 0 Å². The molecule has 3 aromatic carbocycles. The molecule has 5 rings (SSSR count). The quantitative estimate of drug-likeness (QED) is 0.292. The van der Waals surface area contributed by atoms with Crippen molar-refractivity contribution in [1.29, 1.82) is 0 Å². The fraction of sp³-hybridized carbons (Fsp3) is 0.412. The molecule has 0 saturated carbocycles. The Morgan fingerprint density at radius 1 is 0.976 bits per heavy atom. The van der Waals surface area contributed by atoms with Crippen LogP contribution >= 0.6 is 0 Å². The highest BCUT2D eigenvalue weighted by Crippen LogP contribution is 2.35. The average Bonchev–Trinajstić information content (AvgIpc) is 3.47. The molecule has 0 unspecified atom stereocenters. The van der Waals surface area contributed by atoms with Gasteiger partial charge in [0.2, 0.25) is 0 Å². The Balaban J connectivity index is 1.36. The minimum Gasteiger partial charge on any atom is -0.497 e. The van der Waals surface area contributed by atoms with E-state index in [9.17, 15) is 4.79 Å². The maximum absolute atomic E-state index is 10.9. The second kappa shape index (κ2) is 14.0. The Labute approximate surface area is 249 Å². The number of carbonyl (C=O) groups is 1. The highest BCUT2D eigenvalue weighted by Gasteiger charge is 2.35. The summed E-state index contributed by atoms with van der Waals surface area (Å²) in [4.78, 5) is 20.8. The molecule has 2 heterocycles. The molecule has 42 heavy (non-hydrogen) atoms. The van der Waals surface area contributed by atoms with E-state index in [1.807, 2.05) is 11.1 Å². The summed E-state index contributed by atoms with van der Waals surface area (Å²) < 4.78 is 5.62. The van der Waals surface area contributed by atoms with Crippen molar-refractivity contribution in [1.82, 2.24) is 20.2 Å². The summed E-state index contributed by atoms with van der Waals surface area (Å²) in [6.45, 7) is 8.85. The zero-order valence-corrected chi connectivity index (χ0v) is 24.9. The van der Waals surface area contributed by atoms with Crippen molar-refractivity contribution in [3.8, 4) is 5.75 Å². The lowest BCUT2D eigenvalue weighted by atomic mass is 9.92. The number of rotatable bonds is 12. The molecule has 2 aliphatic heterocycles. The summed E-state index contributed by atoms with van der Waals surface area (Å²) in [5, 5.41) is 11.0. The minimum atomic E-state index is -0.749. The number of aliphatic carboxylic acids is 1. The third kappa shape index (κ3) is 7.18. The smallest absolute Gasteiger partial charge is 0.303 e. The summed E-state index contributed by atoms with van der Waals surface area (Å²) in [6.07, 6.45) is 1.63. The van der Waals surface area contributed by atoms with E-state index in [1.165, 1.54) is 16.7 Å². The van der Waals surface area contributed by atoms with Gasteiger partial charge in [-0.1, -0.05) is 66.7 Å². The van der Waals surface area contributed by atoms with Crippen LogP contribution in [0.25, 0.3) is 0 Å². The van der Waals surface area contributed by atoms with Crippen LogP contribution in [0.1, 0.15) is 61.4 Å². The van der Waals surface area contributed by atoms with E-state index in [1.54, 1.807) is 7.11 Å². The molecule has 1 saturated heterocycles. The molecule has 2 aliphatic rings. The molecule has 0 radical (unpaired) electrons. The predicted molar refractivity (Wildman–Crippen MR) is 166 cm³/mol. The first-order valence-electron chi connectivity index (χ1n) is 15.0. The van der Waals surface area contributed by atoms with Gasteiger partial charge in [0, 0.05) is 50.2 Å². The second-order valence-electron chi connectivity index (χ2n) is 11.4. The zero-order valence-electron chi connectivity index (χ0n) is 24.9. The van der Waals surface area contributed by atoms with E-state index >= 15 is 0 Å². The Morgan fingerprint density at radius 3 is 2.50 bits per heavy atom. The molecule has 2 N–H and O–H groups in total. The monoisotopic (exact) mass is 569 g/mol. The number of hydrazine groups is 1. The highest BCUT2D eigenvalue weighted by atomic mass is 16.5. The van der Waals surface area contributed by atoms with Gasteiger partial charge in [-0.25, -0.2) is 10.4 Å². The summed E-state index contributed by atoms with van der Waals surface area (Å²) >= 11 is 0. The number of ether oxygens (including phenoxy) is 1. The van der Waals surface area contributed by atoms with E-state index < -0.39 is 5.97 Å². The van der Waals surface area contributed by atoms with Crippen molar-refractivity contribution in [2.75, 3.05) is 33.4 Å². The van der Waals surface area contributed by atoms with E-state index in [4.69, 9.17) is 14.8 Å². The minimum absolute atomic E-state index is 0.0845. The maximum atomic E-state index is 10.9. The molecular formula is C34H43N5O3. The van der Waals surface area contributed by atoms with Crippen LogP contribution in [-0.2, 0) is 11.3 Å². The molecular weight excluding hydrogens is 526 g/mol. The number of nitrogens with one attached hydrogen (secondary N) is 1. The molecule has 0 amide bonds. The molecule has 0 aromatic heterocycles. The van der Waals surface area contributed by atoms with Crippen LogP contribution in [0.15, 0.2) is 83.9 Å². The number of carboxylic acids is 1. The number of carboxylic acid groups (broad SMARTS) is 1. The first-order valence-corrected chi connectivity index (χ1v) is 15.0. The van der Waals surface area contributed by atoms with Crippen LogP contribution in [-0.4, -0.2) is 77.2 Å². The zero-order chi connectivity index (χ0) is 29.5. The maximum Gasteiger partial charge on any atom is 0.303 e. The van der Waals surface area contributed by atoms with Crippen molar-refractivity contribution >= 4 is 11.8 Å². The molecule has 1 fully saturated rings. The Kier molecular flexibility index (Phi) is 9.89. The van der Waals surface area contributed by atoms with Crippen molar-refractivity contribution < 1.29 is 14.6 Å². The molecule has 0 aliphatic carbocycles. The topological polar surface area (TPSA) is 80.6 Å². The second-order valence-corrected chi connectivity index (χ2v) is 11.4. The van der Waals surface area contributed by atoms with E-state index in [0.717, 1.165) is 49.7 Å². The summed E-state index contributed by atoms with van der Waals surface area (Å²) in [5.41, 5.74) is 8.17. The van der Waals surface area contributed by atoms with Crippen LogP contribution in [0.2, 0.25) is 0 Å². The Bertz CT molecular complexity index is 1350. The normalized spacial score (nSPS) is 20.4. The van der Waals surface area contributed by atoms with Gasteiger partial charge in [0.1, 0.15) is 18.3 Å². The number of methoxy groups -OCH3 is 1. The summed E-state index contributed by atoms with van der Waals surface area (Å²) in [5.74, 6) is 1.02. The van der Waals surface area contributed by atoms with Crippen LogP contribution < -0.4 is 10.2 Å². The van der Waals surface area contributed by atoms with Gasteiger partial charge in [-0.3, -0.25) is 19.6 Å². The van der Waals surface area contributed by atoms with Crippen LogP contribution in [0.3, 0.4) is 0 Å². The highest BCUT2D eigenvalue weighted by molar-refractivity contribution is 5.99. The Morgan fingerprint density at radius 2 is 1.76 bits per heavy atom. The van der Waals surface area contributed by atoms with Gasteiger partial charge >= 0.3 is 5.97 Å². The van der Waals surface area contributed by atoms with Gasteiger partial charge in [0.15, 0.2) is 0 Å². The van der Waals surface area contributed by atoms with Gasteiger partial charge < -0.3 is 9.84 Å². The molecule has 3 atom stereocenters. The largest absolute Gasteiger partial charge is 0.497 e. The number of unbranched alkanes of at least 4 members (excludes halogenated alkanes) is 1. The Hall–Kier alpha value is -3.72. The number of hydrogen-bond donors (Lipinski definition) is 2. The number of nitrogens with zero attached hydrogens (tertiary/aromatic N) is 4. The summed E-state index contributed by atoms with van der Waals surface area (Å²) in [6, 6.07) is 28.8. The number of amidine groups is 1. The third-order valence-electron chi connectivity index (χ3n) is 8.39. The van der Waals surface area contributed by atoms with Gasteiger partial charge in [0.05, 0.1) is 13.2 Å². The number of aliphatic imine (C=N–C) groups is 1. The average molecular weight is 570 g/mol. The molecule has 8 heteroatoms. The van der Waals surface area contributed by atoms with E-state index in [0.29, 0.717) is 25.2 Å². The number of hydrogen-bond acceptors (Lipinski definition) is 7. The molecule has 8 nitrogen and oxygen atoms in total. The van der Waals surface area contributed by atoms with Gasteiger partial charge in [-0.2, -0.15) is 0 Å². The van der Waals surface area contributed by atoms with Gasteiger partial charge in [0.25, 0.3) is 0 Å². The summed E-state index contributed by atoms with van der Waals surface area (Å²) in [7, 11) is 1.72. The molecule has 3 aromatic rings. The predicted octanol–water partition coefficient (Wildman–Crippen LogP) is 5.16. The van der Waals surface area contributed by atoms with Crippen LogP contribution in [0.5, 0.6) is 5.75 Å². The van der Waals surface area contributed by atoms with Crippen LogP contribution in [0.4, 0.5) is 0 Å². The first kappa shape index (κ1) is 29.8. The molecule has 222 valence electrons. The third-order valence-corrected chi connectivity index (χ3v) is 8.39. The fourth-order valence-corrected chi connectivity index (χ4v) is 6.16. The SMILES string of the molecule is COc1cccc([C@@H](c2ccc(C3=NCNN3CCCCC(=O)O)cc2)N2C[C@@H](C)N(Cc3ccccc3)C[C@@H]2C)c1. The number of piperazine rings is 1. The van der Waals surface area contributed by atoms with Crippen LogP contribution in [0, 0.1) is 0 Å². The molecule has 0 spiro atoms. The van der Waals surface area contributed by atoms with E-state index in [2.05, 4.69) is 102 Å².